The molecule has 5 aromatic heterocycles. The lowest BCUT2D eigenvalue weighted by molar-refractivity contribution is 0.601. The number of benzene rings is 4. The summed E-state index contributed by atoms with van der Waals surface area (Å²) in [6.45, 7) is 5.90. The van der Waals surface area contributed by atoms with Gasteiger partial charge in [0.1, 0.15) is 33.5 Å². The Balaban J connectivity index is 1.34. The van der Waals surface area contributed by atoms with Crippen molar-refractivity contribution in [2.45, 2.75) is 6.92 Å². The van der Waals surface area contributed by atoms with Gasteiger partial charge in [-0.05, 0) is 97.1 Å². The van der Waals surface area contributed by atoms with E-state index in [2.05, 4.69) is 36.0 Å². The molecular weight excluding hydrogens is 570 g/mol. The van der Waals surface area contributed by atoms with E-state index in [9.17, 15) is 0 Å². The Labute approximate surface area is 262 Å². The van der Waals surface area contributed by atoms with Crippen LogP contribution in [0.5, 0.6) is 0 Å². The highest BCUT2D eigenvalue weighted by molar-refractivity contribution is 6.09. The van der Waals surface area contributed by atoms with E-state index in [1.165, 1.54) is 0 Å². The average molecular weight is 596 g/mol. The number of allylic oxidation sites excluding steroid dienone is 1. The lowest BCUT2D eigenvalue weighted by Crippen LogP contribution is -1.92. The van der Waals surface area contributed by atoms with Gasteiger partial charge in [-0.3, -0.25) is 15.0 Å². The summed E-state index contributed by atoms with van der Waals surface area (Å²) in [6, 6.07) is 34.4. The zero-order chi connectivity index (χ0) is 30.8. The minimum Gasteiger partial charge on any atom is -0.454 e. The summed E-state index contributed by atoms with van der Waals surface area (Å²) in [5.74, 6) is 0.661. The molecule has 0 N–H and O–H groups in total. The van der Waals surface area contributed by atoms with Gasteiger partial charge in [0.05, 0.1) is 0 Å². The van der Waals surface area contributed by atoms with E-state index in [1.807, 2.05) is 104 Å². The highest BCUT2D eigenvalue weighted by Crippen LogP contribution is 2.44. The lowest BCUT2D eigenvalue weighted by Gasteiger charge is -2.13. The van der Waals surface area contributed by atoms with Crippen molar-refractivity contribution in [2.24, 2.45) is 4.99 Å². The molecule has 0 aliphatic heterocycles. The van der Waals surface area contributed by atoms with E-state index in [4.69, 9.17) is 23.2 Å². The number of aliphatic imine (C=N–C) groups is 1. The van der Waals surface area contributed by atoms with Crippen molar-refractivity contribution in [3.63, 3.8) is 0 Å². The van der Waals surface area contributed by atoms with Crippen LogP contribution in [0.1, 0.15) is 18.2 Å². The third-order valence-corrected chi connectivity index (χ3v) is 8.64. The molecule has 0 atom stereocenters. The molecule has 0 spiro atoms. The molecular formula is C40H25N3O3. The highest BCUT2D eigenvalue weighted by Gasteiger charge is 2.22. The lowest BCUT2D eigenvalue weighted by atomic mass is 9.92. The third-order valence-electron chi connectivity index (χ3n) is 8.64. The third kappa shape index (κ3) is 3.87. The number of hydrogen-bond donors (Lipinski definition) is 0. The van der Waals surface area contributed by atoms with Gasteiger partial charge in [-0.15, -0.1) is 0 Å². The summed E-state index contributed by atoms with van der Waals surface area (Å²) >= 11 is 0. The summed E-state index contributed by atoms with van der Waals surface area (Å²) in [4.78, 5) is 13.8. The van der Waals surface area contributed by atoms with Gasteiger partial charge in [-0.1, -0.05) is 42.5 Å². The predicted molar refractivity (Wildman–Crippen MR) is 186 cm³/mol. The Morgan fingerprint density at radius 3 is 1.65 bits per heavy atom. The molecule has 218 valence electrons. The fraction of sp³-hybridized carbons (Fsp3) is 0.0250. The summed E-state index contributed by atoms with van der Waals surface area (Å²) < 4.78 is 19.3. The predicted octanol–water partition coefficient (Wildman–Crippen LogP) is 11.1. The van der Waals surface area contributed by atoms with Crippen molar-refractivity contribution in [1.82, 2.24) is 9.97 Å². The van der Waals surface area contributed by atoms with Gasteiger partial charge >= 0.3 is 0 Å². The number of pyridine rings is 2. The topological polar surface area (TPSA) is 77.6 Å². The van der Waals surface area contributed by atoms with Crippen LogP contribution >= 0.6 is 0 Å². The van der Waals surface area contributed by atoms with Crippen molar-refractivity contribution >= 4 is 73.1 Å². The monoisotopic (exact) mass is 595 g/mol. The van der Waals surface area contributed by atoms with Crippen LogP contribution < -0.4 is 0 Å². The first kappa shape index (κ1) is 26.2. The van der Waals surface area contributed by atoms with Gasteiger partial charge in [-0.2, -0.15) is 0 Å². The molecule has 9 aromatic rings. The quantitative estimate of drug-likeness (QED) is 0.185. The van der Waals surface area contributed by atoms with Gasteiger partial charge < -0.3 is 13.3 Å². The summed E-state index contributed by atoms with van der Waals surface area (Å²) in [5, 5.41) is 2.87. The van der Waals surface area contributed by atoms with E-state index >= 15 is 0 Å². The molecule has 0 unspecified atom stereocenters. The minimum atomic E-state index is 0.661. The van der Waals surface area contributed by atoms with Gasteiger partial charge in [0.25, 0.3) is 0 Å². The number of rotatable bonds is 5. The van der Waals surface area contributed by atoms with Crippen molar-refractivity contribution < 1.29 is 13.3 Å². The van der Waals surface area contributed by atoms with Crippen molar-refractivity contribution in [3.05, 3.63) is 133 Å². The average Bonchev–Trinajstić information content (AvgIpc) is 3.79. The first-order valence-electron chi connectivity index (χ1n) is 15.1. The van der Waals surface area contributed by atoms with Crippen LogP contribution in [0.4, 0.5) is 5.69 Å². The molecule has 6 heteroatoms. The molecule has 6 nitrogen and oxygen atoms in total. The molecule has 0 amide bonds. The SMILES string of the molecule is C=Nc1c(/C(=C\C)c2cc(-c3ccnc4c3oc3ccccc34)cc(-c3ccnc4c3oc3ccccc34)c2)oc2ccccc12. The molecule has 0 aliphatic rings. The van der Waals surface area contributed by atoms with Crippen molar-refractivity contribution in [3.8, 4) is 22.3 Å². The fourth-order valence-corrected chi connectivity index (χ4v) is 6.56. The number of furan rings is 3. The molecule has 46 heavy (non-hydrogen) atoms. The first-order chi connectivity index (χ1) is 22.7. The van der Waals surface area contributed by atoms with E-state index < -0.39 is 0 Å². The second-order valence-corrected chi connectivity index (χ2v) is 11.2. The molecule has 0 bridgehead atoms. The molecule has 0 aliphatic carbocycles. The number of hydrogen-bond acceptors (Lipinski definition) is 6. The maximum atomic E-state index is 6.45. The molecule has 9 rings (SSSR count). The Bertz CT molecular complexity index is 2560. The standard InChI is InChI=1S/C40H25N3O3/c1-3-26(38-35(41-2)29-10-4-7-13-32(29)44-38)23-20-24(27-16-18-42-36-30-11-5-8-14-33(30)45-39(27)36)22-25(21-23)28-17-19-43-37-31-12-6-9-15-34(31)46-40(28)37/h3-22H,2H2,1H3/b26-3-. The van der Waals surface area contributed by atoms with E-state index in [1.54, 1.807) is 0 Å². The normalized spacial score (nSPS) is 12.2. The smallest absolute Gasteiger partial charge is 0.161 e. The number of fused-ring (bicyclic) bond motifs is 7. The van der Waals surface area contributed by atoms with Crippen LogP contribution in [-0.2, 0) is 0 Å². The molecule has 4 aromatic carbocycles. The zero-order valence-electron chi connectivity index (χ0n) is 24.8. The van der Waals surface area contributed by atoms with Crippen LogP contribution in [0, 0.1) is 0 Å². The molecule has 0 fully saturated rings. The Kier molecular flexibility index (Phi) is 5.77. The van der Waals surface area contributed by atoms with Crippen LogP contribution in [0.3, 0.4) is 0 Å². The second-order valence-electron chi connectivity index (χ2n) is 11.2. The van der Waals surface area contributed by atoms with Gasteiger partial charge in [0.2, 0.25) is 0 Å². The number of para-hydroxylation sites is 3. The van der Waals surface area contributed by atoms with Crippen molar-refractivity contribution in [2.75, 3.05) is 0 Å². The minimum absolute atomic E-state index is 0.661. The Morgan fingerprint density at radius 1 is 0.630 bits per heavy atom. The summed E-state index contributed by atoms with van der Waals surface area (Å²) in [6.07, 6.45) is 5.73. The second kappa shape index (κ2) is 10.1. The van der Waals surface area contributed by atoms with E-state index in [-0.39, 0.29) is 0 Å². The number of aromatic nitrogens is 2. The highest BCUT2D eigenvalue weighted by atomic mass is 16.3. The molecule has 0 saturated heterocycles. The van der Waals surface area contributed by atoms with Crippen LogP contribution in [0.2, 0.25) is 0 Å². The van der Waals surface area contributed by atoms with E-state index in [0.717, 1.165) is 88.5 Å². The van der Waals surface area contributed by atoms with Crippen LogP contribution in [0.25, 0.3) is 82.9 Å². The summed E-state index contributed by atoms with van der Waals surface area (Å²) in [5.41, 5.74) is 11.8. The van der Waals surface area contributed by atoms with Gasteiger partial charge in [-0.25, -0.2) is 0 Å². The fourth-order valence-electron chi connectivity index (χ4n) is 6.56. The van der Waals surface area contributed by atoms with E-state index in [0.29, 0.717) is 11.4 Å². The Hall–Kier alpha value is -6.27. The Morgan fingerprint density at radius 2 is 1.13 bits per heavy atom. The molecule has 0 radical (unpaired) electrons. The number of nitrogens with zero attached hydrogens (tertiary/aromatic N) is 3. The molecule has 5 heterocycles. The largest absolute Gasteiger partial charge is 0.454 e. The van der Waals surface area contributed by atoms with Crippen LogP contribution in [0.15, 0.2) is 140 Å². The van der Waals surface area contributed by atoms with Gasteiger partial charge in [0.15, 0.2) is 16.9 Å². The first-order valence-corrected chi connectivity index (χ1v) is 15.1. The zero-order valence-corrected chi connectivity index (χ0v) is 24.8. The maximum absolute atomic E-state index is 6.45. The molecule has 0 saturated carbocycles. The van der Waals surface area contributed by atoms with Crippen LogP contribution in [-0.4, -0.2) is 16.7 Å². The maximum Gasteiger partial charge on any atom is 0.161 e. The summed E-state index contributed by atoms with van der Waals surface area (Å²) in [7, 11) is 0. The van der Waals surface area contributed by atoms with Gasteiger partial charge in [0, 0.05) is 45.3 Å². The van der Waals surface area contributed by atoms with Crippen molar-refractivity contribution in [1.29, 1.82) is 0 Å².